The largest absolute Gasteiger partial charge is 0.420 e. The van der Waals surface area contributed by atoms with Gasteiger partial charge in [-0.3, -0.25) is 19.5 Å². The van der Waals surface area contributed by atoms with Crippen molar-refractivity contribution >= 4 is 28.4 Å². The van der Waals surface area contributed by atoms with E-state index in [9.17, 15) is 19.7 Å². The molecule has 0 saturated heterocycles. The Hall–Kier alpha value is -4.28. The molecule has 4 aromatic rings. The summed E-state index contributed by atoms with van der Waals surface area (Å²) in [5, 5.41) is 17.7. The van der Waals surface area contributed by atoms with E-state index in [4.69, 9.17) is 8.94 Å². The minimum absolute atomic E-state index is 0.0284. The van der Waals surface area contributed by atoms with Crippen LogP contribution >= 0.6 is 0 Å². The monoisotopic (exact) mass is 437 g/mol. The molecule has 11 nitrogen and oxygen atoms in total. The smallest absolute Gasteiger partial charge is 0.407 e. The lowest BCUT2D eigenvalue weighted by atomic mass is 10.1. The fraction of sp³-hybridized carbons (Fsp3) is 0.238. The van der Waals surface area contributed by atoms with Crippen molar-refractivity contribution in [2.75, 3.05) is 5.32 Å². The second-order valence-electron chi connectivity index (χ2n) is 7.52. The van der Waals surface area contributed by atoms with Crippen molar-refractivity contribution in [2.24, 2.45) is 0 Å². The SMILES string of the molecule is Cc1cccc(-c2nc(C(C)C)no2)c1NC(=O)Cn1c(=O)oc2cc([N+](=O)[O-])ccc21. The third-order valence-electron chi connectivity index (χ3n) is 4.89. The van der Waals surface area contributed by atoms with Gasteiger partial charge < -0.3 is 14.3 Å². The molecule has 0 saturated carbocycles. The molecule has 32 heavy (non-hydrogen) atoms. The van der Waals surface area contributed by atoms with Gasteiger partial charge in [-0.15, -0.1) is 0 Å². The lowest BCUT2D eigenvalue weighted by molar-refractivity contribution is -0.384. The van der Waals surface area contributed by atoms with Gasteiger partial charge in [0.05, 0.1) is 27.8 Å². The van der Waals surface area contributed by atoms with Gasteiger partial charge in [-0.05, 0) is 24.6 Å². The standard InChI is InChI=1S/C21H19N5O6/c1-11(2)19-23-20(32-24-19)14-6-4-5-12(3)18(14)22-17(27)10-25-15-8-7-13(26(29)30)9-16(15)31-21(25)28/h4-9,11H,10H2,1-3H3,(H,22,27). The molecular formula is C21H19N5O6. The first kappa shape index (κ1) is 21.0. The van der Waals surface area contributed by atoms with E-state index >= 15 is 0 Å². The van der Waals surface area contributed by atoms with Crippen LogP contribution in [-0.4, -0.2) is 25.5 Å². The predicted molar refractivity (Wildman–Crippen MR) is 114 cm³/mol. The van der Waals surface area contributed by atoms with Crippen LogP contribution in [0.5, 0.6) is 0 Å². The maximum atomic E-state index is 12.8. The van der Waals surface area contributed by atoms with Gasteiger partial charge in [-0.1, -0.05) is 31.1 Å². The molecule has 1 amide bonds. The summed E-state index contributed by atoms with van der Waals surface area (Å²) in [7, 11) is 0. The molecule has 0 aliphatic heterocycles. The molecule has 0 unspecified atom stereocenters. The van der Waals surface area contributed by atoms with Gasteiger partial charge >= 0.3 is 5.76 Å². The van der Waals surface area contributed by atoms with Crippen LogP contribution < -0.4 is 11.1 Å². The molecular weight excluding hydrogens is 418 g/mol. The number of nitro benzene ring substituents is 1. The summed E-state index contributed by atoms with van der Waals surface area (Å²) in [5.41, 5.74) is 1.89. The maximum Gasteiger partial charge on any atom is 0.420 e. The van der Waals surface area contributed by atoms with Gasteiger partial charge in [0.1, 0.15) is 6.54 Å². The van der Waals surface area contributed by atoms with Crippen molar-refractivity contribution in [3.63, 3.8) is 0 Å². The fourth-order valence-corrected chi connectivity index (χ4v) is 3.23. The Kier molecular flexibility index (Phi) is 5.31. The lowest BCUT2D eigenvalue weighted by Crippen LogP contribution is -2.25. The third-order valence-corrected chi connectivity index (χ3v) is 4.89. The Balaban J connectivity index is 1.63. The van der Waals surface area contributed by atoms with Crippen molar-refractivity contribution in [3.8, 4) is 11.5 Å². The molecule has 164 valence electrons. The Morgan fingerprint density at radius 3 is 2.75 bits per heavy atom. The first-order valence-corrected chi connectivity index (χ1v) is 9.76. The second kappa shape index (κ2) is 8.10. The predicted octanol–water partition coefficient (Wildman–Crippen LogP) is 3.62. The topological polar surface area (TPSA) is 146 Å². The number of amides is 1. The first-order chi connectivity index (χ1) is 15.2. The molecule has 0 radical (unpaired) electrons. The van der Waals surface area contributed by atoms with Crippen LogP contribution in [0.2, 0.25) is 0 Å². The number of aromatic nitrogens is 3. The van der Waals surface area contributed by atoms with E-state index < -0.39 is 16.6 Å². The number of nitrogens with zero attached hydrogens (tertiary/aromatic N) is 4. The zero-order valence-electron chi connectivity index (χ0n) is 17.5. The molecule has 4 rings (SSSR count). The number of fused-ring (bicyclic) bond motifs is 1. The number of carbonyl (C=O) groups is 1. The van der Waals surface area contributed by atoms with E-state index in [1.165, 1.54) is 12.1 Å². The Labute approximate surface area is 180 Å². The molecule has 2 heterocycles. The van der Waals surface area contributed by atoms with Crippen LogP contribution in [0.4, 0.5) is 11.4 Å². The van der Waals surface area contributed by atoms with Crippen molar-refractivity contribution in [2.45, 2.75) is 33.2 Å². The molecule has 1 N–H and O–H groups in total. The van der Waals surface area contributed by atoms with Gasteiger partial charge in [0.2, 0.25) is 5.91 Å². The number of para-hydroxylation sites is 1. The minimum atomic E-state index is -0.792. The summed E-state index contributed by atoms with van der Waals surface area (Å²) < 4.78 is 11.5. The van der Waals surface area contributed by atoms with E-state index in [1.807, 2.05) is 26.8 Å². The Morgan fingerprint density at radius 2 is 2.06 bits per heavy atom. The van der Waals surface area contributed by atoms with Gasteiger partial charge in [-0.2, -0.15) is 4.98 Å². The maximum absolute atomic E-state index is 12.8. The zero-order chi connectivity index (χ0) is 23.0. The molecule has 0 atom stereocenters. The molecule has 2 aromatic carbocycles. The van der Waals surface area contributed by atoms with Gasteiger partial charge in [0.25, 0.3) is 11.6 Å². The van der Waals surface area contributed by atoms with Crippen LogP contribution in [0.25, 0.3) is 22.6 Å². The number of carbonyl (C=O) groups excluding carboxylic acids is 1. The van der Waals surface area contributed by atoms with Gasteiger partial charge in [-0.25, -0.2) is 4.79 Å². The highest BCUT2D eigenvalue weighted by Crippen LogP contribution is 2.30. The zero-order valence-corrected chi connectivity index (χ0v) is 17.5. The van der Waals surface area contributed by atoms with Crippen LogP contribution in [0.15, 0.2) is 50.1 Å². The summed E-state index contributed by atoms with van der Waals surface area (Å²) in [6.45, 7) is 5.35. The molecule has 2 aromatic heterocycles. The number of benzene rings is 2. The average Bonchev–Trinajstić information content (AvgIpc) is 3.34. The number of nitro groups is 1. The molecule has 11 heteroatoms. The summed E-state index contributed by atoms with van der Waals surface area (Å²) >= 11 is 0. The summed E-state index contributed by atoms with van der Waals surface area (Å²) in [5.74, 6) is -0.394. The van der Waals surface area contributed by atoms with E-state index in [2.05, 4.69) is 15.5 Å². The molecule has 0 fully saturated rings. The highest BCUT2D eigenvalue weighted by atomic mass is 16.6. The highest BCUT2D eigenvalue weighted by Gasteiger charge is 2.20. The van der Waals surface area contributed by atoms with Crippen LogP contribution in [0.1, 0.15) is 31.2 Å². The number of aryl methyl sites for hydroxylation is 1. The van der Waals surface area contributed by atoms with E-state index in [1.54, 1.807) is 12.1 Å². The van der Waals surface area contributed by atoms with Crippen LogP contribution in [0.3, 0.4) is 0 Å². The normalized spacial score (nSPS) is 11.2. The molecule has 0 spiro atoms. The number of non-ortho nitro benzene ring substituents is 1. The molecule has 0 aliphatic carbocycles. The van der Waals surface area contributed by atoms with Crippen molar-refractivity contribution in [1.82, 2.24) is 14.7 Å². The number of anilines is 1. The fourth-order valence-electron chi connectivity index (χ4n) is 3.23. The second-order valence-corrected chi connectivity index (χ2v) is 7.52. The summed E-state index contributed by atoms with van der Waals surface area (Å²) in [4.78, 5) is 39.8. The lowest BCUT2D eigenvalue weighted by Gasteiger charge is -2.12. The highest BCUT2D eigenvalue weighted by molar-refractivity contribution is 5.96. The molecule has 0 aliphatic rings. The van der Waals surface area contributed by atoms with Gasteiger partial charge in [0.15, 0.2) is 11.4 Å². The number of rotatable bonds is 6. The van der Waals surface area contributed by atoms with Crippen molar-refractivity contribution < 1.29 is 18.7 Å². The van der Waals surface area contributed by atoms with E-state index in [-0.39, 0.29) is 35.1 Å². The van der Waals surface area contributed by atoms with Crippen molar-refractivity contribution in [3.05, 3.63) is 68.5 Å². The van der Waals surface area contributed by atoms with Crippen LogP contribution in [-0.2, 0) is 11.3 Å². The average molecular weight is 437 g/mol. The minimum Gasteiger partial charge on any atom is -0.407 e. The van der Waals surface area contributed by atoms with Crippen molar-refractivity contribution in [1.29, 1.82) is 0 Å². The number of hydrogen-bond acceptors (Lipinski definition) is 8. The number of hydrogen-bond donors (Lipinski definition) is 1. The Bertz CT molecular complexity index is 1400. The van der Waals surface area contributed by atoms with E-state index in [0.717, 1.165) is 16.2 Å². The summed E-state index contributed by atoms with van der Waals surface area (Å²) in [6.07, 6.45) is 0. The van der Waals surface area contributed by atoms with E-state index in [0.29, 0.717) is 17.1 Å². The third kappa shape index (κ3) is 3.87. The van der Waals surface area contributed by atoms with Crippen LogP contribution in [0, 0.1) is 17.0 Å². The first-order valence-electron chi connectivity index (χ1n) is 9.76. The van der Waals surface area contributed by atoms with Gasteiger partial charge in [0, 0.05) is 12.0 Å². The summed E-state index contributed by atoms with van der Waals surface area (Å²) in [6, 6.07) is 9.13. The number of nitrogens with one attached hydrogen (secondary N) is 1. The number of oxazole rings is 1. The Morgan fingerprint density at radius 1 is 1.28 bits per heavy atom. The quantitative estimate of drug-likeness (QED) is 0.355. The molecule has 0 bridgehead atoms.